The van der Waals surface area contributed by atoms with Gasteiger partial charge >= 0.3 is 0 Å². The number of aromatic nitrogens is 2. The SMILES string of the molecule is Cc1sc2ncnc(S[C@H](C)C(=O)N(C)C3(C#N)CCCCC3)c2c1C. The number of carbonyl (C=O) groups is 1. The van der Waals surface area contributed by atoms with Gasteiger partial charge in [0.25, 0.3) is 0 Å². The average molecular weight is 389 g/mol. The van der Waals surface area contributed by atoms with Crippen molar-refractivity contribution in [1.82, 2.24) is 14.9 Å². The molecule has 0 aromatic carbocycles. The molecule has 1 amide bonds. The maximum atomic E-state index is 13.1. The minimum atomic E-state index is -0.653. The topological polar surface area (TPSA) is 69.9 Å². The highest BCUT2D eigenvalue weighted by atomic mass is 32.2. The van der Waals surface area contributed by atoms with Crippen molar-refractivity contribution in [3.8, 4) is 6.07 Å². The largest absolute Gasteiger partial charge is 0.326 e. The lowest BCUT2D eigenvalue weighted by atomic mass is 9.81. The molecule has 1 aliphatic rings. The third kappa shape index (κ3) is 3.33. The molecule has 0 radical (unpaired) electrons. The van der Waals surface area contributed by atoms with Crippen LogP contribution in [-0.2, 0) is 4.79 Å². The van der Waals surface area contributed by atoms with Crippen molar-refractivity contribution in [3.05, 3.63) is 16.8 Å². The molecule has 5 nitrogen and oxygen atoms in total. The summed E-state index contributed by atoms with van der Waals surface area (Å²) < 4.78 is 0. The maximum Gasteiger partial charge on any atom is 0.236 e. The van der Waals surface area contributed by atoms with Gasteiger partial charge in [-0.05, 0) is 39.2 Å². The molecule has 0 saturated heterocycles. The van der Waals surface area contributed by atoms with E-state index >= 15 is 0 Å². The fourth-order valence-electron chi connectivity index (χ4n) is 3.60. The maximum absolute atomic E-state index is 13.1. The number of hydrogen-bond acceptors (Lipinski definition) is 6. The number of thioether (sulfide) groups is 1. The molecule has 2 aromatic heterocycles. The molecule has 1 atom stereocenters. The highest BCUT2D eigenvalue weighted by Gasteiger charge is 2.40. The molecule has 1 saturated carbocycles. The van der Waals surface area contributed by atoms with E-state index < -0.39 is 5.54 Å². The van der Waals surface area contributed by atoms with Crippen molar-refractivity contribution in [1.29, 1.82) is 5.26 Å². The molecule has 0 bridgehead atoms. The standard InChI is InChI=1S/C19H24N4OS2/c1-12-13(2)25-16-15(12)17(22-11-21-16)26-14(3)18(24)23(4)19(10-20)8-6-5-7-9-19/h11,14H,5-9H2,1-4H3/t14-/m1/s1. The Bertz CT molecular complexity index is 864. The van der Waals surface area contributed by atoms with E-state index in [1.54, 1.807) is 29.6 Å². The summed E-state index contributed by atoms with van der Waals surface area (Å²) in [7, 11) is 1.78. The number of hydrogen-bond donors (Lipinski definition) is 0. The molecule has 7 heteroatoms. The van der Waals surface area contributed by atoms with Crippen molar-refractivity contribution < 1.29 is 4.79 Å². The second-order valence-corrected chi connectivity index (χ2v) is 9.54. The van der Waals surface area contributed by atoms with Gasteiger partial charge in [-0.15, -0.1) is 11.3 Å². The number of fused-ring (bicyclic) bond motifs is 1. The second-order valence-electron chi connectivity index (χ2n) is 7.00. The van der Waals surface area contributed by atoms with Crippen LogP contribution in [0.15, 0.2) is 11.4 Å². The van der Waals surface area contributed by atoms with Gasteiger partial charge < -0.3 is 4.90 Å². The van der Waals surface area contributed by atoms with Crippen LogP contribution in [0.3, 0.4) is 0 Å². The first kappa shape index (κ1) is 19.1. The summed E-state index contributed by atoms with van der Waals surface area (Å²) >= 11 is 3.12. The summed E-state index contributed by atoms with van der Waals surface area (Å²) in [5, 5.41) is 11.3. The van der Waals surface area contributed by atoms with Gasteiger partial charge in [-0.3, -0.25) is 4.79 Å². The number of nitriles is 1. The van der Waals surface area contributed by atoms with E-state index in [1.807, 2.05) is 6.92 Å². The molecule has 1 fully saturated rings. The number of amides is 1. The summed E-state index contributed by atoms with van der Waals surface area (Å²) in [5.41, 5.74) is 0.530. The highest BCUT2D eigenvalue weighted by molar-refractivity contribution is 8.00. The average Bonchev–Trinajstić information content (AvgIpc) is 2.96. The van der Waals surface area contributed by atoms with Crippen LogP contribution in [0.5, 0.6) is 0 Å². The van der Waals surface area contributed by atoms with Gasteiger partial charge in [-0.1, -0.05) is 31.0 Å². The Morgan fingerprint density at radius 1 is 1.35 bits per heavy atom. The third-order valence-corrected chi connectivity index (χ3v) is 7.63. The fourth-order valence-corrected chi connectivity index (χ4v) is 5.73. The van der Waals surface area contributed by atoms with Crippen molar-refractivity contribution in [2.45, 2.75) is 68.7 Å². The van der Waals surface area contributed by atoms with E-state index in [0.29, 0.717) is 0 Å². The molecule has 0 aliphatic heterocycles. The lowest BCUT2D eigenvalue weighted by molar-refractivity contribution is -0.133. The van der Waals surface area contributed by atoms with E-state index in [2.05, 4.69) is 29.9 Å². The molecule has 0 N–H and O–H groups in total. The number of thiophene rings is 1. The van der Waals surface area contributed by atoms with Crippen LogP contribution in [0.1, 0.15) is 49.5 Å². The summed E-state index contributed by atoms with van der Waals surface area (Å²) in [6, 6.07) is 2.43. The van der Waals surface area contributed by atoms with Crippen LogP contribution in [-0.4, -0.2) is 38.6 Å². The number of aryl methyl sites for hydroxylation is 2. The van der Waals surface area contributed by atoms with Crippen LogP contribution in [0.2, 0.25) is 0 Å². The molecule has 2 aromatic rings. The zero-order valence-electron chi connectivity index (χ0n) is 15.7. The second kappa shape index (κ2) is 7.53. The first-order chi connectivity index (χ1) is 12.4. The molecule has 0 spiro atoms. The van der Waals surface area contributed by atoms with E-state index in [9.17, 15) is 10.1 Å². The van der Waals surface area contributed by atoms with Gasteiger partial charge in [-0.2, -0.15) is 5.26 Å². The first-order valence-electron chi connectivity index (χ1n) is 8.96. The Morgan fingerprint density at radius 2 is 2.04 bits per heavy atom. The predicted molar refractivity (Wildman–Crippen MR) is 106 cm³/mol. The monoisotopic (exact) mass is 388 g/mol. The van der Waals surface area contributed by atoms with E-state index in [0.717, 1.165) is 47.3 Å². The van der Waals surface area contributed by atoms with Crippen LogP contribution in [0.4, 0.5) is 0 Å². The van der Waals surface area contributed by atoms with Crippen molar-refractivity contribution in [2.75, 3.05) is 7.05 Å². The Labute approximate surface area is 162 Å². The zero-order chi connectivity index (χ0) is 18.9. The molecular weight excluding hydrogens is 364 g/mol. The van der Waals surface area contributed by atoms with Gasteiger partial charge in [0.05, 0.1) is 11.3 Å². The lowest BCUT2D eigenvalue weighted by Gasteiger charge is -2.40. The molecule has 2 heterocycles. The minimum absolute atomic E-state index is 0.00480. The van der Waals surface area contributed by atoms with E-state index in [-0.39, 0.29) is 11.2 Å². The van der Waals surface area contributed by atoms with Gasteiger partial charge in [0.1, 0.15) is 21.7 Å². The van der Waals surface area contributed by atoms with Gasteiger partial charge in [0, 0.05) is 17.3 Å². The lowest BCUT2D eigenvalue weighted by Crippen LogP contribution is -2.52. The summed E-state index contributed by atoms with van der Waals surface area (Å²) in [5.74, 6) is -0.00480. The van der Waals surface area contributed by atoms with Crippen molar-refractivity contribution in [2.24, 2.45) is 0 Å². The first-order valence-corrected chi connectivity index (χ1v) is 10.7. The molecule has 138 valence electrons. The van der Waals surface area contributed by atoms with Crippen LogP contribution in [0, 0.1) is 25.2 Å². The third-order valence-electron chi connectivity index (χ3n) is 5.43. The summed E-state index contributed by atoms with van der Waals surface area (Å²) in [6.45, 7) is 6.06. The quantitative estimate of drug-likeness (QED) is 0.571. The van der Waals surface area contributed by atoms with E-state index in [4.69, 9.17) is 0 Å². The normalized spacial score (nSPS) is 17.7. The molecule has 0 unspecified atom stereocenters. The van der Waals surface area contributed by atoms with Crippen LogP contribution in [0.25, 0.3) is 10.2 Å². The van der Waals surface area contributed by atoms with Gasteiger partial charge in [0.2, 0.25) is 5.91 Å². The Morgan fingerprint density at radius 3 is 2.69 bits per heavy atom. The van der Waals surface area contributed by atoms with E-state index in [1.165, 1.54) is 22.2 Å². The molecule has 1 aliphatic carbocycles. The number of rotatable bonds is 4. The Balaban J connectivity index is 1.83. The highest BCUT2D eigenvalue weighted by Crippen LogP contribution is 2.38. The van der Waals surface area contributed by atoms with Crippen LogP contribution >= 0.6 is 23.1 Å². The Hall–Kier alpha value is -1.65. The Kier molecular flexibility index (Phi) is 5.54. The summed E-state index contributed by atoms with van der Waals surface area (Å²) in [4.78, 5) is 25.7. The van der Waals surface area contributed by atoms with Crippen molar-refractivity contribution in [3.63, 3.8) is 0 Å². The molecule has 3 rings (SSSR count). The van der Waals surface area contributed by atoms with Gasteiger partial charge in [-0.25, -0.2) is 9.97 Å². The van der Waals surface area contributed by atoms with Gasteiger partial charge in [0.15, 0.2) is 0 Å². The predicted octanol–water partition coefficient (Wildman–Crippen LogP) is 4.47. The fraction of sp³-hybridized carbons (Fsp3) is 0.579. The molecule has 26 heavy (non-hydrogen) atoms. The number of nitrogens with zero attached hydrogens (tertiary/aromatic N) is 4. The zero-order valence-corrected chi connectivity index (χ0v) is 17.3. The number of carbonyl (C=O) groups excluding carboxylic acids is 1. The smallest absolute Gasteiger partial charge is 0.236 e. The van der Waals surface area contributed by atoms with Crippen LogP contribution < -0.4 is 0 Å². The molecular formula is C19H24N4OS2. The van der Waals surface area contributed by atoms with Crippen molar-refractivity contribution >= 4 is 39.2 Å². The minimum Gasteiger partial charge on any atom is -0.326 e. The summed E-state index contributed by atoms with van der Waals surface area (Å²) in [6.07, 6.45) is 6.26.